The molecule has 4 nitrogen and oxygen atoms in total. The van der Waals surface area contributed by atoms with Crippen LogP contribution in [0.2, 0.25) is 0 Å². The number of aromatic amines is 1. The van der Waals surface area contributed by atoms with Crippen molar-refractivity contribution in [3.8, 4) is 11.3 Å². The Kier molecular flexibility index (Phi) is 3.55. The second kappa shape index (κ2) is 5.48. The Labute approximate surface area is 116 Å². The summed E-state index contributed by atoms with van der Waals surface area (Å²) in [6.07, 6.45) is 3.85. The lowest BCUT2D eigenvalue weighted by molar-refractivity contribution is -0.115. The average molecular weight is 273 g/mol. The molecule has 1 aliphatic rings. The van der Waals surface area contributed by atoms with E-state index in [4.69, 9.17) is 0 Å². The number of H-pyrrole nitrogens is 1. The minimum atomic E-state index is 0.118. The van der Waals surface area contributed by atoms with Gasteiger partial charge in [-0.05, 0) is 42.4 Å². The van der Waals surface area contributed by atoms with Crippen LogP contribution >= 0.6 is 11.8 Å². The summed E-state index contributed by atoms with van der Waals surface area (Å²) in [5, 5.41) is 9.93. The summed E-state index contributed by atoms with van der Waals surface area (Å²) in [7, 11) is 0. The first-order valence-corrected chi connectivity index (χ1v) is 7.40. The fourth-order valence-corrected chi connectivity index (χ4v) is 3.32. The maximum atomic E-state index is 12.0. The van der Waals surface area contributed by atoms with Crippen molar-refractivity contribution in [2.75, 3.05) is 11.1 Å². The Morgan fingerprint density at radius 1 is 1.32 bits per heavy atom. The Hall–Kier alpha value is -1.75. The van der Waals surface area contributed by atoms with Crippen LogP contribution in [0.5, 0.6) is 0 Å². The Bertz CT molecular complexity index is 545. The first-order chi connectivity index (χ1) is 9.33. The first kappa shape index (κ1) is 12.3. The molecular weight excluding hydrogens is 258 g/mol. The molecule has 2 heterocycles. The van der Waals surface area contributed by atoms with Gasteiger partial charge in [0.05, 0.1) is 10.9 Å². The summed E-state index contributed by atoms with van der Waals surface area (Å²) >= 11 is 1.75. The zero-order chi connectivity index (χ0) is 13.1. The third kappa shape index (κ3) is 2.81. The number of aromatic nitrogens is 2. The van der Waals surface area contributed by atoms with Crippen LogP contribution in [-0.4, -0.2) is 27.1 Å². The summed E-state index contributed by atoms with van der Waals surface area (Å²) in [5.41, 5.74) is 2.88. The Morgan fingerprint density at radius 3 is 2.79 bits per heavy atom. The fraction of sp³-hybridized carbons (Fsp3) is 0.286. The van der Waals surface area contributed by atoms with E-state index in [-0.39, 0.29) is 11.2 Å². The second-order valence-electron chi connectivity index (χ2n) is 4.54. The van der Waals surface area contributed by atoms with Crippen molar-refractivity contribution >= 4 is 23.4 Å². The highest BCUT2D eigenvalue weighted by molar-refractivity contribution is 8.00. The number of hydrogen-bond acceptors (Lipinski definition) is 3. The standard InChI is InChI=1S/C14H15N3OS/c18-14(13-2-1-9-19-13)16-11-5-3-10(4-6-11)12-7-8-15-17-12/h3-8,13H,1-2,9H2,(H,15,17)(H,16,18). The highest BCUT2D eigenvalue weighted by Crippen LogP contribution is 2.27. The molecule has 98 valence electrons. The van der Waals surface area contributed by atoms with Crippen LogP contribution in [0.1, 0.15) is 12.8 Å². The van der Waals surface area contributed by atoms with E-state index in [1.54, 1.807) is 18.0 Å². The van der Waals surface area contributed by atoms with Crippen molar-refractivity contribution in [3.63, 3.8) is 0 Å². The molecule has 2 N–H and O–H groups in total. The molecule has 1 amide bonds. The molecule has 1 unspecified atom stereocenters. The second-order valence-corrected chi connectivity index (χ2v) is 5.85. The van der Waals surface area contributed by atoms with Crippen LogP contribution in [0.15, 0.2) is 36.5 Å². The number of thioether (sulfide) groups is 1. The molecular formula is C14H15N3OS. The van der Waals surface area contributed by atoms with Crippen molar-refractivity contribution in [2.24, 2.45) is 0 Å². The number of nitrogens with one attached hydrogen (secondary N) is 2. The topological polar surface area (TPSA) is 57.8 Å². The highest BCUT2D eigenvalue weighted by Gasteiger charge is 2.23. The van der Waals surface area contributed by atoms with Crippen LogP contribution in [0.4, 0.5) is 5.69 Å². The third-order valence-corrected chi connectivity index (χ3v) is 4.56. The van der Waals surface area contributed by atoms with Crippen molar-refractivity contribution in [3.05, 3.63) is 36.5 Å². The fourth-order valence-electron chi connectivity index (χ4n) is 2.16. The van der Waals surface area contributed by atoms with Crippen molar-refractivity contribution in [2.45, 2.75) is 18.1 Å². The number of anilines is 1. The zero-order valence-corrected chi connectivity index (χ0v) is 11.2. The first-order valence-electron chi connectivity index (χ1n) is 6.35. The largest absolute Gasteiger partial charge is 0.325 e. The maximum Gasteiger partial charge on any atom is 0.237 e. The number of carbonyl (C=O) groups excluding carboxylic acids is 1. The lowest BCUT2D eigenvalue weighted by Crippen LogP contribution is -2.22. The number of hydrogen-bond donors (Lipinski definition) is 2. The van der Waals surface area contributed by atoms with Crippen LogP contribution in [0, 0.1) is 0 Å². The van der Waals surface area contributed by atoms with Gasteiger partial charge < -0.3 is 5.32 Å². The predicted octanol–water partition coefficient (Wildman–Crippen LogP) is 2.91. The van der Waals surface area contributed by atoms with Crippen molar-refractivity contribution < 1.29 is 4.79 Å². The SMILES string of the molecule is O=C(Nc1ccc(-c2ccn[nH]2)cc1)C1CCCS1. The zero-order valence-electron chi connectivity index (χ0n) is 10.4. The lowest BCUT2D eigenvalue weighted by Gasteiger charge is -2.10. The molecule has 5 heteroatoms. The van der Waals surface area contributed by atoms with Crippen LogP contribution in [-0.2, 0) is 4.79 Å². The highest BCUT2D eigenvalue weighted by atomic mass is 32.2. The monoisotopic (exact) mass is 273 g/mol. The van der Waals surface area contributed by atoms with Gasteiger partial charge in [-0.1, -0.05) is 12.1 Å². The van der Waals surface area contributed by atoms with Gasteiger partial charge in [0.25, 0.3) is 0 Å². The molecule has 0 radical (unpaired) electrons. The summed E-state index contributed by atoms with van der Waals surface area (Å²) in [5.74, 6) is 1.22. The van der Waals surface area contributed by atoms with Gasteiger partial charge in [-0.2, -0.15) is 5.10 Å². The van der Waals surface area contributed by atoms with Gasteiger partial charge in [-0.25, -0.2) is 0 Å². The summed E-state index contributed by atoms with van der Waals surface area (Å²) in [4.78, 5) is 12.0. The van der Waals surface area contributed by atoms with Crippen LogP contribution < -0.4 is 5.32 Å². The Morgan fingerprint density at radius 2 is 2.16 bits per heavy atom. The van der Waals surface area contributed by atoms with Crippen LogP contribution in [0.25, 0.3) is 11.3 Å². The molecule has 0 saturated carbocycles. The molecule has 1 aliphatic heterocycles. The third-order valence-electron chi connectivity index (χ3n) is 3.19. The minimum Gasteiger partial charge on any atom is -0.325 e. The quantitative estimate of drug-likeness (QED) is 0.904. The molecule has 1 aromatic heterocycles. The number of benzene rings is 1. The number of amides is 1. The van der Waals surface area contributed by atoms with Gasteiger partial charge in [0.2, 0.25) is 5.91 Å². The van der Waals surface area contributed by atoms with E-state index in [1.165, 1.54) is 0 Å². The minimum absolute atomic E-state index is 0.118. The smallest absolute Gasteiger partial charge is 0.237 e. The predicted molar refractivity (Wildman–Crippen MR) is 78.1 cm³/mol. The van der Waals surface area contributed by atoms with E-state index < -0.39 is 0 Å². The van der Waals surface area contributed by atoms with Crippen LogP contribution in [0.3, 0.4) is 0 Å². The lowest BCUT2D eigenvalue weighted by atomic mass is 10.1. The molecule has 1 aromatic carbocycles. The molecule has 19 heavy (non-hydrogen) atoms. The molecule has 1 fully saturated rings. The van der Waals surface area contributed by atoms with Gasteiger partial charge >= 0.3 is 0 Å². The summed E-state index contributed by atoms with van der Waals surface area (Å²) in [6.45, 7) is 0. The summed E-state index contributed by atoms with van der Waals surface area (Å²) < 4.78 is 0. The molecule has 0 spiro atoms. The Balaban J connectivity index is 1.67. The molecule has 3 rings (SSSR count). The number of nitrogens with zero attached hydrogens (tertiary/aromatic N) is 1. The molecule has 1 saturated heterocycles. The van der Waals surface area contributed by atoms with Crippen molar-refractivity contribution in [1.82, 2.24) is 10.2 Å². The van der Waals surface area contributed by atoms with E-state index in [0.29, 0.717) is 0 Å². The van der Waals surface area contributed by atoms with Gasteiger partial charge in [0, 0.05) is 11.9 Å². The van der Waals surface area contributed by atoms with Gasteiger partial charge in [0.1, 0.15) is 0 Å². The van der Waals surface area contributed by atoms with E-state index in [1.807, 2.05) is 30.3 Å². The number of rotatable bonds is 3. The molecule has 1 atom stereocenters. The molecule has 0 bridgehead atoms. The van der Waals surface area contributed by atoms with E-state index in [9.17, 15) is 4.79 Å². The van der Waals surface area contributed by atoms with Gasteiger partial charge in [-0.15, -0.1) is 11.8 Å². The van der Waals surface area contributed by atoms with Crippen molar-refractivity contribution in [1.29, 1.82) is 0 Å². The van der Waals surface area contributed by atoms with Gasteiger partial charge in [-0.3, -0.25) is 9.89 Å². The average Bonchev–Trinajstić information content (AvgIpc) is 3.13. The normalized spacial score (nSPS) is 18.4. The maximum absolute atomic E-state index is 12.0. The van der Waals surface area contributed by atoms with Gasteiger partial charge in [0.15, 0.2) is 0 Å². The van der Waals surface area contributed by atoms with E-state index in [2.05, 4.69) is 15.5 Å². The van der Waals surface area contributed by atoms with E-state index in [0.717, 1.165) is 35.5 Å². The van der Waals surface area contributed by atoms with E-state index >= 15 is 0 Å². The molecule has 2 aromatic rings. The summed E-state index contributed by atoms with van der Waals surface area (Å²) in [6, 6.07) is 9.72. The molecule has 0 aliphatic carbocycles. The number of carbonyl (C=O) groups is 1.